The molecule has 0 fully saturated rings. The first-order chi connectivity index (χ1) is 11.4. The van der Waals surface area contributed by atoms with E-state index in [1.165, 1.54) is 12.1 Å². The number of alkyl halides is 3. The van der Waals surface area contributed by atoms with Gasteiger partial charge in [-0.05, 0) is 37.3 Å². The van der Waals surface area contributed by atoms with Gasteiger partial charge in [0.15, 0.2) is 0 Å². The number of nitrogens with zero attached hydrogens (tertiary/aromatic N) is 1. The van der Waals surface area contributed by atoms with Crippen molar-refractivity contribution in [3.05, 3.63) is 71.6 Å². The molecule has 0 radical (unpaired) electrons. The van der Waals surface area contributed by atoms with E-state index in [1.807, 2.05) is 30.3 Å². The van der Waals surface area contributed by atoms with Gasteiger partial charge >= 0.3 is 6.18 Å². The van der Waals surface area contributed by atoms with Gasteiger partial charge < -0.3 is 9.15 Å². The number of aryl methyl sites for hydroxylation is 1. The number of oxazole rings is 1. The molecule has 1 heterocycles. The fourth-order valence-corrected chi connectivity index (χ4v) is 2.18. The van der Waals surface area contributed by atoms with E-state index in [-0.39, 0.29) is 12.4 Å². The highest BCUT2D eigenvalue weighted by atomic mass is 19.4. The maximum absolute atomic E-state index is 12.7. The van der Waals surface area contributed by atoms with Gasteiger partial charge in [-0.15, -0.1) is 0 Å². The lowest BCUT2D eigenvalue weighted by atomic mass is 10.2. The van der Waals surface area contributed by atoms with Crippen LogP contribution in [-0.2, 0) is 12.8 Å². The van der Waals surface area contributed by atoms with Crippen molar-refractivity contribution in [1.82, 2.24) is 4.98 Å². The monoisotopic (exact) mass is 333 g/mol. The molecule has 3 rings (SSSR count). The number of hydrogen-bond donors (Lipinski definition) is 0. The lowest BCUT2D eigenvalue weighted by Crippen LogP contribution is -2.05. The summed E-state index contributed by atoms with van der Waals surface area (Å²) >= 11 is 0. The second-order valence-electron chi connectivity index (χ2n) is 5.20. The molecule has 0 atom stereocenters. The lowest BCUT2D eigenvalue weighted by Gasteiger charge is -2.09. The second-order valence-corrected chi connectivity index (χ2v) is 5.20. The van der Waals surface area contributed by atoms with Crippen molar-refractivity contribution in [1.29, 1.82) is 0 Å². The van der Waals surface area contributed by atoms with Crippen LogP contribution >= 0.6 is 0 Å². The zero-order valence-corrected chi connectivity index (χ0v) is 12.8. The van der Waals surface area contributed by atoms with Crippen molar-refractivity contribution < 1.29 is 22.3 Å². The summed E-state index contributed by atoms with van der Waals surface area (Å²) in [7, 11) is 0. The molecule has 1 aromatic heterocycles. The number of hydrogen-bond acceptors (Lipinski definition) is 3. The van der Waals surface area contributed by atoms with E-state index in [4.69, 9.17) is 9.15 Å². The number of halogens is 3. The van der Waals surface area contributed by atoms with E-state index in [1.54, 1.807) is 6.92 Å². The molecule has 0 aliphatic rings. The van der Waals surface area contributed by atoms with Gasteiger partial charge in [-0.25, -0.2) is 4.98 Å². The number of aromatic nitrogens is 1. The summed E-state index contributed by atoms with van der Waals surface area (Å²) in [4.78, 5) is 4.35. The Kier molecular flexibility index (Phi) is 4.29. The predicted octanol–water partition coefficient (Wildman–Crippen LogP) is 5.25. The minimum atomic E-state index is -4.40. The highest BCUT2D eigenvalue weighted by molar-refractivity contribution is 5.53. The molecule has 3 nitrogen and oxygen atoms in total. The van der Waals surface area contributed by atoms with Gasteiger partial charge in [-0.3, -0.25) is 0 Å². The third kappa shape index (κ3) is 3.59. The first-order valence-corrected chi connectivity index (χ1v) is 7.25. The summed E-state index contributed by atoms with van der Waals surface area (Å²) in [5, 5.41) is 0. The molecule has 0 aliphatic heterocycles. The third-order valence-electron chi connectivity index (χ3n) is 3.45. The van der Waals surface area contributed by atoms with Crippen molar-refractivity contribution >= 4 is 0 Å². The van der Waals surface area contributed by atoms with Crippen molar-refractivity contribution in [2.45, 2.75) is 19.7 Å². The quantitative estimate of drug-likeness (QED) is 0.654. The van der Waals surface area contributed by atoms with Gasteiger partial charge in [-0.1, -0.05) is 24.3 Å². The fraction of sp³-hybridized carbons (Fsp3) is 0.167. The third-order valence-corrected chi connectivity index (χ3v) is 3.45. The zero-order valence-electron chi connectivity index (χ0n) is 12.8. The summed E-state index contributed by atoms with van der Waals surface area (Å²) in [5.74, 6) is 1.16. The van der Waals surface area contributed by atoms with Crippen LogP contribution < -0.4 is 4.74 Å². The van der Waals surface area contributed by atoms with Crippen molar-refractivity contribution in [3.63, 3.8) is 0 Å². The van der Waals surface area contributed by atoms with E-state index >= 15 is 0 Å². The van der Waals surface area contributed by atoms with Crippen LogP contribution in [0.3, 0.4) is 0 Å². The lowest BCUT2D eigenvalue weighted by molar-refractivity contribution is -0.137. The van der Waals surface area contributed by atoms with Gasteiger partial charge in [0.05, 0.1) is 5.56 Å². The average Bonchev–Trinajstić information content (AvgIpc) is 2.94. The molecule has 0 unspecified atom stereocenters. The predicted molar refractivity (Wildman–Crippen MR) is 82.5 cm³/mol. The molecule has 24 heavy (non-hydrogen) atoms. The minimum Gasteiger partial charge on any atom is -0.487 e. The van der Waals surface area contributed by atoms with Gasteiger partial charge in [0, 0.05) is 5.56 Å². The molecular weight excluding hydrogens is 319 g/mol. The number of ether oxygens (including phenoxy) is 1. The van der Waals surface area contributed by atoms with Gasteiger partial charge in [0.2, 0.25) is 5.89 Å². The molecule has 0 amide bonds. The molecule has 0 saturated carbocycles. The molecule has 0 spiro atoms. The minimum absolute atomic E-state index is 0.0312. The highest BCUT2D eigenvalue weighted by Gasteiger charge is 2.30. The topological polar surface area (TPSA) is 35.3 Å². The molecule has 124 valence electrons. The molecule has 3 aromatic rings. The Labute approximate surface area is 136 Å². The molecule has 0 saturated heterocycles. The standard InChI is InChI=1S/C18H14F3NO2/c1-12-16(22-17(24-12)13-6-3-2-4-7-13)11-23-15-9-5-8-14(10-15)18(19,20)21/h2-10H,11H2,1H3. The molecular formula is C18H14F3NO2. The summed E-state index contributed by atoms with van der Waals surface area (Å²) in [6.07, 6.45) is -4.40. The molecule has 0 bridgehead atoms. The Hall–Kier alpha value is -2.76. The van der Waals surface area contributed by atoms with Crippen LogP contribution in [0.2, 0.25) is 0 Å². The summed E-state index contributed by atoms with van der Waals surface area (Å²) in [6.45, 7) is 1.77. The second kappa shape index (κ2) is 6.39. The van der Waals surface area contributed by atoms with E-state index in [2.05, 4.69) is 4.98 Å². The highest BCUT2D eigenvalue weighted by Crippen LogP contribution is 2.31. The van der Waals surface area contributed by atoms with Gasteiger partial charge in [-0.2, -0.15) is 13.2 Å². The molecule has 2 aromatic carbocycles. The maximum atomic E-state index is 12.7. The molecule has 0 aliphatic carbocycles. The Balaban J connectivity index is 1.75. The van der Waals surface area contributed by atoms with E-state index < -0.39 is 11.7 Å². The first kappa shape index (κ1) is 16.1. The molecule has 0 N–H and O–H groups in total. The van der Waals surface area contributed by atoms with Crippen molar-refractivity contribution in [3.8, 4) is 17.2 Å². The van der Waals surface area contributed by atoms with Crippen LogP contribution in [-0.4, -0.2) is 4.98 Å². The van der Waals surface area contributed by atoms with Crippen LogP contribution in [0.1, 0.15) is 17.0 Å². The number of benzene rings is 2. The first-order valence-electron chi connectivity index (χ1n) is 7.25. The van der Waals surface area contributed by atoms with E-state index in [0.29, 0.717) is 17.3 Å². The maximum Gasteiger partial charge on any atom is 0.416 e. The fourth-order valence-electron chi connectivity index (χ4n) is 2.18. The normalized spacial score (nSPS) is 11.5. The SMILES string of the molecule is Cc1oc(-c2ccccc2)nc1COc1cccc(C(F)(F)F)c1. The van der Waals surface area contributed by atoms with Crippen LogP contribution in [0, 0.1) is 6.92 Å². The van der Waals surface area contributed by atoms with Crippen LogP contribution in [0.5, 0.6) is 5.75 Å². The molecule has 6 heteroatoms. The summed E-state index contributed by atoms with van der Waals surface area (Å²) in [6, 6.07) is 14.1. The Bertz CT molecular complexity index is 826. The number of rotatable bonds is 4. The Morgan fingerprint density at radius 1 is 1.04 bits per heavy atom. The van der Waals surface area contributed by atoms with Crippen LogP contribution in [0.25, 0.3) is 11.5 Å². The Morgan fingerprint density at radius 3 is 2.50 bits per heavy atom. The van der Waals surface area contributed by atoms with Crippen LogP contribution in [0.4, 0.5) is 13.2 Å². The van der Waals surface area contributed by atoms with Crippen LogP contribution in [0.15, 0.2) is 59.0 Å². The largest absolute Gasteiger partial charge is 0.487 e. The van der Waals surface area contributed by atoms with Crippen molar-refractivity contribution in [2.75, 3.05) is 0 Å². The average molecular weight is 333 g/mol. The van der Waals surface area contributed by atoms with E-state index in [0.717, 1.165) is 17.7 Å². The van der Waals surface area contributed by atoms with Gasteiger partial charge in [0.25, 0.3) is 0 Å². The summed E-state index contributed by atoms with van der Waals surface area (Å²) < 4.78 is 49.1. The summed E-state index contributed by atoms with van der Waals surface area (Å²) in [5.41, 5.74) is 0.624. The Morgan fingerprint density at radius 2 is 1.79 bits per heavy atom. The smallest absolute Gasteiger partial charge is 0.416 e. The van der Waals surface area contributed by atoms with E-state index in [9.17, 15) is 13.2 Å². The van der Waals surface area contributed by atoms with Crippen molar-refractivity contribution in [2.24, 2.45) is 0 Å². The zero-order chi connectivity index (χ0) is 17.2. The van der Waals surface area contributed by atoms with Gasteiger partial charge in [0.1, 0.15) is 23.8 Å².